The summed E-state index contributed by atoms with van der Waals surface area (Å²) >= 11 is 0. The highest BCUT2D eigenvalue weighted by molar-refractivity contribution is 6.06. The van der Waals surface area contributed by atoms with Gasteiger partial charge in [-0.2, -0.15) is 4.58 Å². The van der Waals surface area contributed by atoms with E-state index in [1.807, 2.05) is 6.07 Å². The van der Waals surface area contributed by atoms with Crippen LogP contribution in [0.2, 0.25) is 0 Å². The van der Waals surface area contributed by atoms with E-state index in [9.17, 15) is 4.79 Å². The summed E-state index contributed by atoms with van der Waals surface area (Å²) in [5, 5.41) is 2.75. The minimum Gasteiger partial charge on any atom is -0.355 e. The number of carbonyl (C=O) groups is 1. The quantitative estimate of drug-likeness (QED) is 0.450. The van der Waals surface area contributed by atoms with Gasteiger partial charge in [-0.15, -0.1) is 0 Å². The number of nitrogens with zero attached hydrogens (tertiary/aromatic N) is 1. The maximum Gasteiger partial charge on any atom is 0.251 e. The molecule has 1 amide bonds. The van der Waals surface area contributed by atoms with Gasteiger partial charge in [0.15, 0.2) is 5.71 Å². The zero-order chi connectivity index (χ0) is 23.3. The van der Waals surface area contributed by atoms with E-state index < -0.39 is 0 Å². The number of allylic oxidation sites excluding steroid dienone is 1. The van der Waals surface area contributed by atoms with Crippen LogP contribution in [0.4, 0.5) is 5.69 Å². The van der Waals surface area contributed by atoms with Crippen LogP contribution < -0.4 is 5.32 Å². The first-order valence-corrected chi connectivity index (χ1v) is 12.1. The smallest absolute Gasteiger partial charge is 0.251 e. The first kappa shape index (κ1) is 24.0. The fourth-order valence-corrected chi connectivity index (χ4v) is 4.44. The Balaban J connectivity index is 1.97. The summed E-state index contributed by atoms with van der Waals surface area (Å²) in [6.45, 7) is 12.3. The number of rotatable bonds is 9. The molecule has 0 saturated heterocycles. The molecule has 0 unspecified atom stereocenters. The van der Waals surface area contributed by atoms with E-state index in [1.165, 1.54) is 40.9 Å². The third kappa shape index (κ3) is 5.20. The molecule has 1 N–H and O–H groups in total. The zero-order valence-electron chi connectivity index (χ0n) is 20.7. The van der Waals surface area contributed by atoms with Crippen molar-refractivity contribution in [2.45, 2.75) is 65.7 Å². The number of nitrogens with one attached hydrogen (secondary N) is 1. The summed E-state index contributed by atoms with van der Waals surface area (Å²) in [7, 11) is 1.68. The normalized spacial score (nSPS) is 15.0. The fourth-order valence-electron chi connectivity index (χ4n) is 4.44. The van der Waals surface area contributed by atoms with Crippen LogP contribution in [-0.2, 0) is 11.8 Å². The molecule has 1 aliphatic rings. The Hall–Kier alpha value is -2.68. The van der Waals surface area contributed by atoms with Crippen molar-refractivity contribution < 1.29 is 9.37 Å². The summed E-state index contributed by atoms with van der Waals surface area (Å²) in [4.78, 5) is 12.3. The summed E-state index contributed by atoms with van der Waals surface area (Å²) < 4.78 is 2.45. The van der Waals surface area contributed by atoms with Crippen LogP contribution in [0.15, 0.2) is 48.5 Å². The highest BCUT2D eigenvalue weighted by atomic mass is 16.1. The molecule has 0 atom stereocenters. The second kappa shape index (κ2) is 10.3. The Bertz CT molecular complexity index is 1010. The maximum atomic E-state index is 12.3. The van der Waals surface area contributed by atoms with Crippen LogP contribution in [0.3, 0.4) is 0 Å². The van der Waals surface area contributed by atoms with E-state index in [0.29, 0.717) is 5.92 Å². The molecule has 3 rings (SSSR count). The molecular formula is C29H39N2O+. The predicted molar refractivity (Wildman–Crippen MR) is 136 cm³/mol. The minimum atomic E-state index is -0.173. The highest BCUT2D eigenvalue weighted by Gasteiger charge is 2.44. The standard InChI is InChI=1S/C29H38N2O/c1-7-8-9-22-10-12-23(13-11-22)14-17-27-29(4,5)25-20-24(28(32)30-6)15-16-26(25)31(27)19-18-21(2)3/h10-17,20-21H,7-9,18-19H2,1-6H3/p+1/b17-14+. The summed E-state index contributed by atoms with van der Waals surface area (Å²) in [5.74, 6) is 0.595. The number of amides is 1. The summed E-state index contributed by atoms with van der Waals surface area (Å²) in [5.41, 5.74) is 6.90. The first-order chi connectivity index (χ1) is 15.3. The summed E-state index contributed by atoms with van der Waals surface area (Å²) in [6.07, 6.45) is 9.24. The summed E-state index contributed by atoms with van der Waals surface area (Å²) in [6, 6.07) is 15.1. The molecule has 3 nitrogen and oxygen atoms in total. The van der Waals surface area contributed by atoms with Gasteiger partial charge in [0.1, 0.15) is 6.54 Å². The van der Waals surface area contributed by atoms with Crippen molar-refractivity contribution in [1.82, 2.24) is 5.32 Å². The van der Waals surface area contributed by atoms with Crippen molar-refractivity contribution in [1.29, 1.82) is 0 Å². The fraction of sp³-hybridized carbons (Fsp3) is 0.448. The molecule has 1 heterocycles. The Morgan fingerprint density at radius 2 is 1.81 bits per heavy atom. The van der Waals surface area contributed by atoms with Crippen molar-refractivity contribution in [3.63, 3.8) is 0 Å². The molecule has 0 radical (unpaired) electrons. The lowest BCUT2D eigenvalue weighted by Gasteiger charge is -2.16. The predicted octanol–water partition coefficient (Wildman–Crippen LogP) is 6.52. The number of hydrogen-bond donors (Lipinski definition) is 1. The van der Waals surface area contributed by atoms with Crippen molar-refractivity contribution in [3.8, 4) is 0 Å². The molecule has 32 heavy (non-hydrogen) atoms. The van der Waals surface area contributed by atoms with Crippen LogP contribution in [0.5, 0.6) is 0 Å². The van der Waals surface area contributed by atoms with Gasteiger partial charge in [0.2, 0.25) is 5.69 Å². The highest BCUT2D eigenvalue weighted by Crippen LogP contribution is 2.41. The first-order valence-electron chi connectivity index (χ1n) is 12.1. The van der Waals surface area contributed by atoms with Crippen LogP contribution >= 0.6 is 0 Å². The second-order valence-corrected chi connectivity index (χ2v) is 9.83. The van der Waals surface area contributed by atoms with Gasteiger partial charge in [-0.25, -0.2) is 0 Å². The Labute approximate surface area is 194 Å². The van der Waals surface area contributed by atoms with Crippen molar-refractivity contribution >= 4 is 23.4 Å². The molecule has 1 aliphatic heterocycles. The minimum absolute atomic E-state index is 0.0375. The van der Waals surface area contributed by atoms with Gasteiger partial charge in [0.05, 0.1) is 5.41 Å². The number of benzene rings is 2. The molecule has 170 valence electrons. The van der Waals surface area contributed by atoms with E-state index in [-0.39, 0.29) is 11.3 Å². The van der Waals surface area contributed by atoms with Crippen LogP contribution in [0.25, 0.3) is 6.08 Å². The molecule has 0 aromatic heterocycles. The Kier molecular flexibility index (Phi) is 7.71. The maximum absolute atomic E-state index is 12.3. The second-order valence-electron chi connectivity index (χ2n) is 9.83. The van der Waals surface area contributed by atoms with Gasteiger partial charge in [-0.05, 0) is 61.9 Å². The number of hydrogen-bond acceptors (Lipinski definition) is 1. The molecule has 0 spiro atoms. The lowest BCUT2D eigenvalue weighted by molar-refractivity contribution is -0.439. The van der Waals surface area contributed by atoms with Gasteiger partial charge < -0.3 is 5.32 Å². The average molecular weight is 432 g/mol. The van der Waals surface area contributed by atoms with Crippen molar-refractivity contribution in [3.05, 3.63) is 70.8 Å². The van der Waals surface area contributed by atoms with E-state index in [4.69, 9.17) is 0 Å². The SMILES string of the molecule is CCCCc1ccc(/C=C/C2=[N+](CCC(C)C)c3ccc(C(=O)NC)cc3C2(C)C)cc1. The molecule has 0 aliphatic carbocycles. The lowest BCUT2D eigenvalue weighted by atomic mass is 9.80. The molecule has 0 bridgehead atoms. The molecule has 2 aromatic carbocycles. The third-order valence-electron chi connectivity index (χ3n) is 6.54. The van der Waals surface area contributed by atoms with E-state index in [0.717, 1.165) is 24.9 Å². The number of fused-ring (bicyclic) bond motifs is 1. The van der Waals surface area contributed by atoms with Gasteiger partial charge in [-0.3, -0.25) is 4.79 Å². The third-order valence-corrected chi connectivity index (χ3v) is 6.54. The van der Waals surface area contributed by atoms with Crippen LogP contribution in [0.1, 0.15) is 80.9 Å². The van der Waals surface area contributed by atoms with Gasteiger partial charge >= 0.3 is 0 Å². The van der Waals surface area contributed by atoms with E-state index in [2.05, 4.69) is 93.1 Å². The zero-order valence-corrected chi connectivity index (χ0v) is 20.7. The van der Waals surface area contributed by atoms with Gasteiger partial charge in [0.25, 0.3) is 5.91 Å². The number of carbonyl (C=O) groups excluding carboxylic acids is 1. The Morgan fingerprint density at radius 3 is 2.44 bits per heavy atom. The Morgan fingerprint density at radius 1 is 1.09 bits per heavy atom. The molecular weight excluding hydrogens is 392 g/mol. The van der Waals surface area contributed by atoms with E-state index in [1.54, 1.807) is 7.05 Å². The largest absolute Gasteiger partial charge is 0.355 e. The monoisotopic (exact) mass is 431 g/mol. The molecule has 3 heteroatoms. The van der Waals surface area contributed by atoms with E-state index >= 15 is 0 Å². The van der Waals surface area contributed by atoms with Gasteiger partial charge in [-0.1, -0.05) is 51.5 Å². The van der Waals surface area contributed by atoms with Crippen LogP contribution in [0, 0.1) is 5.92 Å². The molecule has 0 fully saturated rings. The topological polar surface area (TPSA) is 32.1 Å². The number of unbranched alkanes of at least 4 members (excludes halogenated alkanes) is 1. The lowest BCUT2D eigenvalue weighted by Crippen LogP contribution is -2.28. The van der Waals surface area contributed by atoms with Crippen molar-refractivity contribution in [2.75, 3.05) is 13.6 Å². The van der Waals surface area contributed by atoms with Crippen molar-refractivity contribution in [2.24, 2.45) is 5.92 Å². The number of aryl methyl sites for hydroxylation is 1. The molecule has 0 saturated carbocycles. The molecule has 2 aromatic rings. The van der Waals surface area contributed by atoms with Crippen LogP contribution in [-0.4, -0.2) is 29.8 Å². The van der Waals surface area contributed by atoms with Gasteiger partial charge in [0, 0.05) is 36.7 Å². The average Bonchev–Trinajstić information content (AvgIpc) is 3.00.